The van der Waals surface area contributed by atoms with E-state index < -0.39 is 53.7 Å². The van der Waals surface area contributed by atoms with Gasteiger partial charge in [0.15, 0.2) is 18.7 Å². The molecular formula is C45H78N6O9. The Morgan fingerprint density at radius 2 is 0.683 bits per heavy atom. The maximum atomic E-state index is 14.0. The molecule has 15 heteroatoms. The van der Waals surface area contributed by atoms with Gasteiger partial charge in [0.1, 0.15) is 0 Å². The maximum absolute atomic E-state index is 14.0. The number of hydrogen-bond acceptors (Lipinski definition) is 12. The number of ether oxygens (including phenoxy) is 3. The molecule has 60 heavy (non-hydrogen) atoms. The summed E-state index contributed by atoms with van der Waals surface area (Å²) in [6, 6.07) is 0. The van der Waals surface area contributed by atoms with Gasteiger partial charge in [-0.2, -0.15) is 0 Å². The number of aromatic nitrogens is 3. The van der Waals surface area contributed by atoms with Crippen LogP contribution in [0.3, 0.4) is 0 Å². The molecule has 1 aromatic heterocycles. The van der Waals surface area contributed by atoms with Crippen molar-refractivity contribution < 1.29 is 28.6 Å². The Hall–Kier alpha value is -3.30. The van der Waals surface area contributed by atoms with E-state index in [1.807, 2.05) is 41.5 Å². The molecule has 0 aliphatic carbocycles. The first-order valence-electron chi connectivity index (χ1n) is 22.8. The first kappa shape index (κ1) is 49.4. The van der Waals surface area contributed by atoms with Crippen molar-refractivity contribution in [2.45, 2.75) is 215 Å². The quantitative estimate of drug-likeness (QED) is 0.131. The zero-order valence-corrected chi connectivity index (χ0v) is 39.0. The number of rotatable bonds is 18. The molecule has 3 unspecified atom stereocenters. The molecule has 1 aromatic rings. The second kappa shape index (κ2) is 20.7. The van der Waals surface area contributed by atoms with Gasteiger partial charge >= 0.3 is 35.0 Å². The number of nitrogens with zero attached hydrogens (tertiary/aromatic N) is 6. The van der Waals surface area contributed by atoms with Crippen molar-refractivity contribution in [2.75, 3.05) is 19.6 Å². The van der Waals surface area contributed by atoms with Gasteiger partial charge in [-0.05, 0) is 80.1 Å². The lowest BCUT2D eigenvalue weighted by Crippen LogP contribution is -2.56. The van der Waals surface area contributed by atoms with Crippen molar-refractivity contribution in [3.8, 4) is 0 Å². The van der Waals surface area contributed by atoms with Gasteiger partial charge in [-0.3, -0.25) is 29.1 Å². The van der Waals surface area contributed by atoms with E-state index in [0.29, 0.717) is 0 Å². The molecule has 342 valence electrons. The third kappa shape index (κ3) is 12.2. The SMILES string of the molecule is CC(C)C(OC(=O)CCn1c(=O)n(CCC(=O)OC(C(C)C)N2CCCCC2(C)C)c(=O)n(CCC(=O)OC(C(C)C)N2CCCCC2(C)C)c1=O)N1CCCCC1(C)C. The summed E-state index contributed by atoms with van der Waals surface area (Å²) in [6.07, 6.45) is 6.73. The average Bonchev–Trinajstić information content (AvgIpc) is 3.14. The van der Waals surface area contributed by atoms with E-state index in [2.05, 4.69) is 56.2 Å². The van der Waals surface area contributed by atoms with Crippen LogP contribution in [0, 0.1) is 17.8 Å². The van der Waals surface area contributed by atoms with Crippen molar-refractivity contribution >= 4 is 17.9 Å². The van der Waals surface area contributed by atoms with Gasteiger partial charge in [0, 0.05) is 73.6 Å². The van der Waals surface area contributed by atoms with Gasteiger partial charge < -0.3 is 14.2 Å². The second-order valence-corrected chi connectivity index (χ2v) is 20.3. The van der Waals surface area contributed by atoms with Gasteiger partial charge in [-0.15, -0.1) is 0 Å². The summed E-state index contributed by atoms with van der Waals surface area (Å²) >= 11 is 0. The van der Waals surface area contributed by atoms with Gasteiger partial charge in [0.05, 0.1) is 19.3 Å². The molecule has 0 saturated carbocycles. The summed E-state index contributed by atoms with van der Waals surface area (Å²) in [5.41, 5.74) is -3.37. The molecule has 0 amide bonds. The lowest BCUT2D eigenvalue weighted by molar-refractivity contribution is -0.176. The van der Waals surface area contributed by atoms with Gasteiger partial charge in [0.2, 0.25) is 0 Å². The minimum absolute atomic E-state index is 0.0137. The molecule has 0 radical (unpaired) electrons. The van der Waals surface area contributed by atoms with Crippen molar-refractivity contribution in [1.82, 2.24) is 28.4 Å². The molecule has 0 spiro atoms. The van der Waals surface area contributed by atoms with Crippen molar-refractivity contribution in [1.29, 1.82) is 0 Å². The molecule has 4 heterocycles. The van der Waals surface area contributed by atoms with Crippen LogP contribution in [0.25, 0.3) is 0 Å². The lowest BCUT2D eigenvalue weighted by atomic mass is 9.89. The molecular weight excluding hydrogens is 769 g/mol. The Morgan fingerprint density at radius 3 is 0.883 bits per heavy atom. The summed E-state index contributed by atoms with van der Waals surface area (Å²) in [5.74, 6) is -1.79. The largest absolute Gasteiger partial charge is 0.446 e. The van der Waals surface area contributed by atoms with Gasteiger partial charge in [0.25, 0.3) is 0 Å². The van der Waals surface area contributed by atoms with Crippen LogP contribution in [0.15, 0.2) is 14.4 Å². The smallest absolute Gasteiger partial charge is 0.336 e. The minimum Gasteiger partial charge on any atom is -0.446 e. The number of hydrogen-bond donors (Lipinski definition) is 0. The molecule has 0 N–H and O–H groups in total. The van der Waals surface area contributed by atoms with Crippen molar-refractivity contribution in [3.05, 3.63) is 31.5 Å². The van der Waals surface area contributed by atoms with Crippen LogP contribution < -0.4 is 17.1 Å². The number of piperidine rings is 3. The molecule has 3 aliphatic rings. The van der Waals surface area contributed by atoms with Crippen LogP contribution in [-0.2, 0) is 48.2 Å². The predicted octanol–water partition coefficient (Wildman–Crippen LogP) is 5.71. The first-order chi connectivity index (χ1) is 28.0. The van der Waals surface area contributed by atoms with E-state index in [9.17, 15) is 28.8 Å². The summed E-state index contributed by atoms with van der Waals surface area (Å²) in [7, 11) is 0. The second-order valence-electron chi connectivity index (χ2n) is 20.3. The zero-order chi connectivity index (χ0) is 44.7. The first-order valence-corrected chi connectivity index (χ1v) is 22.8. The predicted molar refractivity (Wildman–Crippen MR) is 231 cm³/mol. The van der Waals surface area contributed by atoms with Crippen molar-refractivity contribution in [3.63, 3.8) is 0 Å². The van der Waals surface area contributed by atoms with E-state index in [-0.39, 0.29) is 73.3 Å². The Kier molecular flexibility index (Phi) is 17.0. The summed E-state index contributed by atoms with van der Waals surface area (Å²) < 4.78 is 20.6. The van der Waals surface area contributed by atoms with Crippen LogP contribution in [0.5, 0.6) is 0 Å². The summed E-state index contributed by atoms with van der Waals surface area (Å²) in [5, 5.41) is 0. The van der Waals surface area contributed by atoms with E-state index >= 15 is 0 Å². The molecule has 0 aromatic carbocycles. The highest BCUT2D eigenvalue weighted by Crippen LogP contribution is 2.34. The van der Waals surface area contributed by atoms with Gasteiger partial charge in [-0.1, -0.05) is 60.8 Å². The van der Waals surface area contributed by atoms with Crippen LogP contribution in [-0.4, -0.2) is 101 Å². The number of esters is 3. The third-order valence-electron chi connectivity index (χ3n) is 13.0. The molecule has 3 saturated heterocycles. The number of carbonyl (C=O) groups is 3. The Bertz CT molecular complexity index is 1570. The number of likely N-dealkylation sites (tertiary alicyclic amines) is 3. The van der Waals surface area contributed by atoms with E-state index in [0.717, 1.165) is 91.1 Å². The van der Waals surface area contributed by atoms with Crippen LogP contribution in [0.1, 0.15) is 160 Å². The Balaban J connectivity index is 1.59. The third-order valence-corrected chi connectivity index (χ3v) is 13.0. The van der Waals surface area contributed by atoms with Crippen LogP contribution in [0.4, 0.5) is 0 Å². The van der Waals surface area contributed by atoms with E-state index in [1.54, 1.807) is 0 Å². The fourth-order valence-electron chi connectivity index (χ4n) is 9.40. The molecule has 3 fully saturated rings. The Labute approximate surface area is 358 Å². The number of carbonyl (C=O) groups excluding carboxylic acids is 3. The summed E-state index contributed by atoms with van der Waals surface area (Å²) in [4.78, 5) is 89.1. The van der Waals surface area contributed by atoms with Crippen LogP contribution in [0.2, 0.25) is 0 Å². The van der Waals surface area contributed by atoms with Crippen molar-refractivity contribution in [2.24, 2.45) is 17.8 Å². The van der Waals surface area contributed by atoms with Crippen LogP contribution >= 0.6 is 0 Å². The average molecular weight is 847 g/mol. The molecule has 3 aliphatic heterocycles. The Morgan fingerprint density at radius 1 is 0.450 bits per heavy atom. The minimum atomic E-state index is -0.952. The lowest BCUT2D eigenvalue weighted by Gasteiger charge is -2.47. The summed E-state index contributed by atoms with van der Waals surface area (Å²) in [6.45, 7) is 26.0. The topological polar surface area (TPSA) is 155 Å². The maximum Gasteiger partial charge on any atom is 0.336 e. The fourth-order valence-corrected chi connectivity index (χ4v) is 9.40. The molecule has 0 bridgehead atoms. The monoisotopic (exact) mass is 847 g/mol. The normalized spacial score (nSPS) is 21.4. The molecule has 4 rings (SSSR count). The zero-order valence-electron chi connectivity index (χ0n) is 39.0. The fraction of sp³-hybridized carbons (Fsp3) is 0.867. The van der Waals surface area contributed by atoms with Gasteiger partial charge in [-0.25, -0.2) is 28.1 Å². The standard InChI is InChI=1S/C45H78N6O9/c1-31(2)37(49-25-16-13-22-43(49,7)8)58-34(52)19-28-46-40(55)47(29-20-35(53)59-38(32(3)4)50-26-17-14-23-44(50,9)10)42(57)48(41(46)56)30-21-36(54)60-39(33(5)6)51-27-18-15-24-45(51,11)12/h31-33,37-39H,13-30H2,1-12H3. The van der Waals surface area contributed by atoms with E-state index in [1.165, 1.54) is 0 Å². The molecule has 3 atom stereocenters. The highest BCUT2D eigenvalue weighted by atomic mass is 16.6. The van der Waals surface area contributed by atoms with E-state index in [4.69, 9.17) is 14.2 Å². The highest BCUT2D eigenvalue weighted by molar-refractivity contribution is 5.70. The molecule has 15 nitrogen and oxygen atoms in total. The highest BCUT2D eigenvalue weighted by Gasteiger charge is 2.41.